The number of carbonyl (C=O) groups excluding carboxylic acids is 1. The maximum Gasteiger partial charge on any atom is 0.287 e. The summed E-state index contributed by atoms with van der Waals surface area (Å²) in [4.78, 5) is 17.0. The van der Waals surface area contributed by atoms with Gasteiger partial charge in [0.25, 0.3) is 18.8 Å². The van der Waals surface area contributed by atoms with Crippen LogP contribution in [-0.4, -0.2) is 45.3 Å². The van der Waals surface area contributed by atoms with Gasteiger partial charge in [-0.2, -0.15) is 10.1 Å². The minimum absolute atomic E-state index is 0.0542. The van der Waals surface area contributed by atoms with Gasteiger partial charge < -0.3 is 5.11 Å². The van der Waals surface area contributed by atoms with Crippen LogP contribution in [0, 0.1) is 6.92 Å². The quantitative estimate of drug-likeness (QED) is 0.861. The lowest BCUT2D eigenvalue weighted by Crippen LogP contribution is -2.51. The molecule has 1 aliphatic heterocycles. The molecule has 9 heteroatoms. The van der Waals surface area contributed by atoms with Gasteiger partial charge in [0.2, 0.25) is 5.72 Å². The molecule has 1 atom stereocenters. The molecule has 1 aromatic heterocycles. The summed E-state index contributed by atoms with van der Waals surface area (Å²) in [5.74, 6) is -1.10. The van der Waals surface area contributed by atoms with Gasteiger partial charge >= 0.3 is 0 Å². The van der Waals surface area contributed by atoms with Crippen molar-refractivity contribution >= 4 is 22.5 Å². The first kappa shape index (κ1) is 17.3. The predicted octanol–water partition coefficient (Wildman–Crippen LogP) is 2.96. The highest BCUT2D eigenvalue weighted by molar-refractivity contribution is 6.07. The maximum atomic E-state index is 13.3. The lowest BCUT2D eigenvalue weighted by Gasteiger charge is -2.30. The molecule has 1 aliphatic rings. The van der Waals surface area contributed by atoms with Crippen LogP contribution in [0.1, 0.15) is 22.5 Å². The van der Waals surface area contributed by atoms with Gasteiger partial charge in [-0.15, -0.1) is 0 Å². The number of amides is 1. The molecular formula is C16H13F4N3O2. The zero-order chi connectivity index (χ0) is 18.4. The molecule has 0 saturated carbocycles. The Morgan fingerprint density at radius 3 is 2.60 bits per heavy atom. The van der Waals surface area contributed by atoms with Gasteiger partial charge in [-0.05, 0) is 19.1 Å². The lowest BCUT2D eigenvalue weighted by atomic mass is 10.0. The molecule has 1 amide bonds. The largest absolute Gasteiger partial charge is 0.364 e. The number of hydrazone groups is 1. The number of para-hydroxylation sites is 1. The Hall–Kier alpha value is -2.55. The second-order valence-electron chi connectivity index (χ2n) is 5.69. The van der Waals surface area contributed by atoms with Crippen LogP contribution < -0.4 is 0 Å². The molecule has 5 nitrogen and oxygen atoms in total. The fourth-order valence-electron chi connectivity index (χ4n) is 2.70. The van der Waals surface area contributed by atoms with E-state index < -0.39 is 36.6 Å². The average Bonchev–Trinajstić information content (AvgIpc) is 2.93. The number of aliphatic hydroxyl groups is 1. The summed E-state index contributed by atoms with van der Waals surface area (Å²) in [7, 11) is 0. The molecular weight excluding hydrogens is 342 g/mol. The van der Waals surface area contributed by atoms with Crippen LogP contribution in [0.25, 0.3) is 10.9 Å². The number of hydrogen-bond donors (Lipinski definition) is 1. The summed E-state index contributed by atoms with van der Waals surface area (Å²) in [6.45, 7) is 1.60. The predicted molar refractivity (Wildman–Crippen MR) is 81.7 cm³/mol. The standard InChI is InChI=1S/C16H13F4N3O2/c1-8-6-10(9-4-2-3-5-11(9)21-8)14(24)23-16(25,15(19)20)7-12(22-23)13(17)18/h2-6,13,15,25H,7H2,1H3. The Bertz CT molecular complexity index is 872. The third kappa shape index (κ3) is 2.84. The highest BCUT2D eigenvalue weighted by Crippen LogP contribution is 2.35. The summed E-state index contributed by atoms with van der Waals surface area (Å²) in [6.07, 6.45) is -7.74. The van der Waals surface area contributed by atoms with E-state index in [1.54, 1.807) is 31.2 Å². The Kier molecular flexibility index (Phi) is 4.19. The van der Waals surface area contributed by atoms with Gasteiger partial charge in [0, 0.05) is 17.5 Å². The molecule has 0 aliphatic carbocycles. The third-order valence-corrected chi connectivity index (χ3v) is 3.90. The molecule has 0 fully saturated rings. The Labute approximate surface area is 139 Å². The molecule has 0 bridgehead atoms. The first-order chi connectivity index (χ1) is 11.7. The number of aromatic nitrogens is 1. The van der Waals surface area contributed by atoms with Crippen molar-refractivity contribution in [2.75, 3.05) is 0 Å². The van der Waals surface area contributed by atoms with E-state index in [9.17, 15) is 27.5 Å². The van der Waals surface area contributed by atoms with E-state index in [0.717, 1.165) is 0 Å². The van der Waals surface area contributed by atoms with Crippen LogP contribution in [0.4, 0.5) is 17.6 Å². The van der Waals surface area contributed by atoms with Crippen LogP contribution in [0.15, 0.2) is 35.4 Å². The Morgan fingerprint density at radius 2 is 1.96 bits per heavy atom. The summed E-state index contributed by atoms with van der Waals surface area (Å²) in [5, 5.41) is 13.8. The van der Waals surface area contributed by atoms with Gasteiger partial charge in [-0.1, -0.05) is 18.2 Å². The van der Waals surface area contributed by atoms with Crippen molar-refractivity contribution in [1.82, 2.24) is 9.99 Å². The SMILES string of the molecule is Cc1cc(C(=O)N2N=C(C(F)F)CC2(O)C(F)F)c2ccccc2n1. The lowest BCUT2D eigenvalue weighted by molar-refractivity contribution is -0.164. The van der Waals surface area contributed by atoms with E-state index in [-0.39, 0.29) is 10.6 Å². The first-order valence-corrected chi connectivity index (χ1v) is 7.31. The van der Waals surface area contributed by atoms with Gasteiger partial charge in [0.1, 0.15) is 5.71 Å². The van der Waals surface area contributed by atoms with Crippen molar-refractivity contribution in [3.05, 3.63) is 41.6 Å². The van der Waals surface area contributed by atoms with E-state index in [0.29, 0.717) is 16.6 Å². The molecule has 1 N–H and O–H groups in total. The average molecular weight is 355 g/mol. The van der Waals surface area contributed by atoms with Gasteiger partial charge in [-0.25, -0.2) is 17.6 Å². The van der Waals surface area contributed by atoms with E-state index in [2.05, 4.69) is 10.1 Å². The number of pyridine rings is 1. The Balaban J connectivity index is 2.13. The number of carbonyl (C=O) groups is 1. The summed E-state index contributed by atoms with van der Waals surface area (Å²) < 4.78 is 52.3. The number of rotatable bonds is 3. The van der Waals surface area contributed by atoms with Crippen molar-refractivity contribution in [2.45, 2.75) is 31.9 Å². The van der Waals surface area contributed by atoms with Crippen LogP contribution >= 0.6 is 0 Å². The van der Waals surface area contributed by atoms with E-state index in [1.165, 1.54) is 6.07 Å². The molecule has 0 saturated heterocycles. The molecule has 0 spiro atoms. The van der Waals surface area contributed by atoms with E-state index in [1.807, 2.05) is 0 Å². The minimum Gasteiger partial charge on any atom is -0.364 e. The number of alkyl halides is 4. The summed E-state index contributed by atoms with van der Waals surface area (Å²) in [5.41, 5.74) is -3.27. The fourth-order valence-corrected chi connectivity index (χ4v) is 2.70. The van der Waals surface area contributed by atoms with Crippen LogP contribution in [0.3, 0.4) is 0 Å². The van der Waals surface area contributed by atoms with Gasteiger partial charge in [-0.3, -0.25) is 9.78 Å². The molecule has 1 unspecified atom stereocenters. The molecule has 25 heavy (non-hydrogen) atoms. The number of nitrogens with zero attached hydrogens (tertiary/aromatic N) is 3. The number of halogens is 4. The monoisotopic (exact) mass is 355 g/mol. The Morgan fingerprint density at radius 1 is 1.28 bits per heavy atom. The van der Waals surface area contributed by atoms with Crippen LogP contribution in [0.2, 0.25) is 0 Å². The molecule has 3 rings (SSSR count). The molecule has 2 heterocycles. The normalized spacial score (nSPS) is 20.6. The summed E-state index contributed by atoms with van der Waals surface area (Å²) in [6, 6.07) is 7.81. The van der Waals surface area contributed by atoms with Crippen LogP contribution in [-0.2, 0) is 0 Å². The zero-order valence-corrected chi connectivity index (χ0v) is 13.0. The number of hydrogen-bond acceptors (Lipinski definition) is 4. The number of aryl methyl sites for hydroxylation is 1. The van der Waals surface area contributed by atoms with Gasteiger partial charge in [0.15, 0.2) is 0 Å². The van der Waals surface area contributed by atoms with Crippen molar-refractivity contribution in [2.24, 2.45) is 5.10 Å². The minimum atomic E-state index is -3.47. The topological polar surface area (TPSA) is 65.8 Å². The van der Waals surface area contributed by atoms with Crippen molar-refractivity contribution < 1.29 is 27.5 Å². The molecule has 1 aromatic carbocycles. The second-order valence-corrected chi connectivity index (χ2v) is 5.69. The van der Waals surface area contributed by atoms with Gasteiger partial charge in [0.05, 0.1) is 11.1 Å². The molecule has 0 radical (unpaired) electrons. The van der Waals surface area contributed by atoms with Crippen molar-refractivity contribution in [3.63, 3.8) is 0 Å². The zero-order valence-electron chi connectivity index (χ0n) is 13.0. The maximum absolute atomic E-state index is 13.3. The highest BCUT2D eigenvalue weighted by atomic mass is 19.3. The van der Waals surface area contributed by atoms with Crippen molar-refractivity contribution in [1.29, 1.82) is 0 Å². The number of fused-ring (bicyclic) bond motifs is 1. The van der Waals surface area contributed by atoms with E-state index >= 15 is 0 Å². The summed E-state index contributed by atoms with van der Waals surface area (Å²) >= 11 is 0. The molecule has 2 aromatic rings. The van der Waals surface area contributed by atoms with Crippen LogP contribution in [0.5, 0.6) is 0 Å². The van der Waals surface area contributed by atoms with E-state index in [4.69, 9.17) is 0 Å². The smallest absolute Gasteiger partial charge is 0.287 e. The molecule has 132 valence electrons. The highest BCUT2D eigenvalue weighted by Gasteiger charge is 2.53. The second kappa shape index (κ2) is 6.07. The first-order valence-electron chi connectivity index (χ1n) is 7.31. The third-order valence-electron chi connectivity index (χ3n) is 3.90. The van der Waals surface area contributed by atoms with Crippen molar-refractivity contribution in [3.8, 4) is 0 Å². The number of benzene rings is 1. The fraction of sp³-hybridized carbons (Fsp3) is 0.312.